The van der Waals surface area contributed by atoms with Crippen LogP contribution in [-0.4, -0.2) is 50.7 Å². The van der Waals surface area contributed by atoms with Gasteiger partial charge in [-0.3, -0.25) is 4.79 Å². The molecule has 0 aliphatic carbocycles. The number of amides is 1. The molecule has 1 fully saturated rings. The number of rotatable bonds is 6. The first-order valence-electron chi connectivity index (χ1n) is 5.86. The van der Waals surface area contributed by atoms with Crippen LogP contribution in [0.25, 0.3) is 0 Å². The maximum Gasteiger partial charge on any atom is 0.223 e. The van der Waals surface area contributed by atoms with Gasteiger partial charge in [-0.05, 0) is 32.4 Å². The van der Waals surface area contributed by atoms with Gasteiger partial charge in [0.2, 0.25) is 5.91 Å². The highest BCUT2D eigenvalue weighted by molar-refractivity contribution is 5.80. The molecule has 16 heavy (non-hydrogen) atoms. The van der Waals surface area contributed by atoms with E-state index in [-0.39, 0.29) is 11.3 Å². The van der Waals surface area contributed by atoms with E-state index >= 15 is 0 Å². The molecule has 0 aromatic rings. The quantitative estimate of drug-likeness (QED) is 0.646. The topological polar surface area (TPSA) is 81.6 Å². The number of piperidine rings is 1. The number of nitrogens with two attached hydrogens (primary N) is 2. The predicted octanol–water partition coefficient (Wildman–Crippen LogP) is -0.451. The number of nitrogens with zero attached hydrogens (tertiary/aromatic N) is 1. The number of ether oxygens (including phenoxy) is 1. The molecular formula is C11H23N3O2. The first kappa shape index (κ1) is 13.4. The number of hydrogen-bond acceptors (Lipinski definition) is 4. The summed E-state index contributed by atoms with van der Waals surface area (Å²) >= 11 is 0. The summed E-state index contributed by atoms with van der Waals surface area (Å²) in [7, 11) is 1.65. The molecule has 1 aliphatic rings. The van der Waals surface area contributed by atoms with Gasteiger partial charge < -0.3 is 21.1 Å². The molecular weight excluding hydrogens is 206 g/mol. The summed E-state index contributed by atoms with van der Waals surface area (Å²) in [5, 5.41) is 0. The summed E-state index contributed by atoms with van der Waals surface area (Å²) in [5.41, 5.74) is 10.7. The lowest BCUT2D eigenvalue weighted by molar-refractivity contribution is -0.131. The standard InChI is InChI=1S/C11H23N3O2/c1-16-9-4-11(10(13)15)2-6-14(7-3-11)8-5-12/h2-9,12H2,1H3,(H2,13,15). The third kappa shape index (κ3) is 3.17. The summed E-state index contributed by atoms with van der Waals surface area (Å²) in [6.07, 6.45) is 2.38. The smallest absolute Gasteiger partial charge is 0.223 e. The fraction of sp³-hybridized carbons (Fsp3) is 0.909. The van der Waals surface area contributed by atoms with Crippen LogP contribution in [0, 0.1) is 5.41 Å². The van der Waals surface area contributed by atoms with E-state index in [0.717, 1.165) is 38.9 Å². The fourth-order valence-electron chi connectivity index (χ4n) is 2.30. The van der Waals surface area contributed by atoms with Crippen LogP contribution in [0.4, 0.5) is 0 Å². The molecule has 0 aromatic carbocycles. The number of carbonyl (C=O) groups excluding carboxylic acids is 1. The van der Waals surface area contributed by atoms with Gasteiger partial charge in [-0.2, -0.15) is 0 Å². The number of primary amides is 1. The van der Waals surface area contributed by atoms with Gasteiger partial charge in [-0.15, -0.1) is 0 Å². The highest BCUT2D eigenvalue weighted by Gasteiger charge is 2.39. The lowest BCUT2D eigenvalue weighted by Gasteiger charge is -2.39. The average Bonchev–Trinajstić information content (AvgIpc) is 2.28. The Morgan fingerprint density at radius 3 is 2.50 bits per heavy atom. The second kappa shape index (κ2) is 6.18. The van der Waals surface area contributed by atoms with Crippen molar-refractivity contribution < 1.29 is 9.53 Å². The molecule has 5 heteroatoms. The molecule has 1 heterocycles. The molecule has 0 atom stereocenters. The Morgan fingerprint density at radius 2 is 2.06 bits per heavy atom. The number of likely N-dealkylation sites (tertiary alicyclic amines) is 1. The van der Waals surface area contributed by atoms with E-state index in [1.165, 1.54) is 0 Å². The van der Waals surface area contributed by atoms with E-state index in [1.54, 1.807) is 7.11 Å². The normalized spacial score (nSPS) is 20.9. The molecule has 1 aliphatic heterocycles. The van der Waals surface area contributed by atoms with Crippen molar-refractivity contribution in [3.05, 3.63) is 0 Å². The lowest BCUT2D eigenvalue weighted by Crippen LogP contribution is -2.48. The van der Waals surface area contributed by atoms with Gasteiger partial charge in [-0.1, -0.05) is 0 Å². The van der Waals surface area contributed by atoms with E-state index in [9.17, 15) is 4.79 Å². The second-order valence-electron chi connectivity index (χ2n) is 4.52. The Balaban J connectivity index is 2.52. The summed E-state index contributed by atoms with van der Waals surface area (Å²) in [6, 6.07) is 0. The van der Waals surface area contributed by atoms with E-state index in [0.29, 0.717) is 13.2 Å². The van der Waals surface area contributed by atoms with Gasteiger partial charge in [0.1, 0.15) is 0 Å². The van der Waals surface area contributed by atoms with Crippen molar-refractivity contribution in [1.29, 1.82) is 0 Å². The van der Waals surface area contributed by atoms with Crippen molar-refractivity contribution in [2.75, 3.05) is 39.9 Å². The summed E-state index contributed by atoms with van der Waals surface area (Å²) in [4.78, 5) is 13.9. The number of carbonyl (C=O) groups is 1. The molecule has 5 nitrogen and oxygen atoms in total. The third-order valence-electron chi connectivity index (χ3n) is 3.57. The van der Waals surface area contributed by atoms with Gasteiger partial charge in [0, 0.05) is 26.8 Å². The maximum atomic E-state index is 11.6. The molecule has 1 amide bonds. The van der Waals surface area contributed by atoms with Crippen molar-refractivity contribution in [2.45, 2.75) is 19.3 Å². The van der Waals surface area contributed by atoms with E-state index in [4.69, 9.17) is 16.2 Å². The highest BCUT2D eigenvalue weighted by Crippen LogP contribution is 2.34. The Labute approximate surface area is 97.1 Å². The summed E-state index contributed by atoms with van der Waals surface area (Å²) in [5.74, 6) is -0.183. The minimum absolute atomic E-state index is 0.183. The average molecular weight is 229 g/mol. The van der Waals surface area contributed by atoms with Crippen molar-refractivity contribution >= 4 is 5.91 Å². The van der Waals surface area contributed by atoms with E-state index < -0.39 is 0 Å². The van der Waals surface area contributed by atoms with Gasteiger partial charge in [0.25, 0.3) is 0 Å². The molecule has 4 N–H and O–H groups in total. The zero-order valence-electron chi connectivity index (χ0n) is 10.1. The van der Waals surface area contributed by atoms with Crippen LogP contribution in [0.2, 0.25) is 0 Å². The minimum atomic E-state index is -0.360. The second-order valence-corrected chi connectivity index (χ2v) is 4.52. The lowest BCUT2D eigenvalue weighted by atomic mass is 9.75. The molecule has 0 saturated carbocycles. The number of methoxy groups -OCH3 is 1. The van der Waals surface area contributed by atoms with Crippen LogP contribution in [0.15, 0.2) is 0 Å². The van der Waals surface area contributed by atoms with E-state index in [1.807, 2.05) is 0 Å². The first-order valence-corrected chi connectivity index (χ1v) is 5.86. The fourth-order valence-corrected chi connectivity index (χ4v) is 2.30. The molecule has 0 bridgehead atoms. The van der Waals surface area contributed by atoms with Crippen LogP contribution in [0.1, 0.15) is 19.3 Å². The zero-order valence-corrected chi connectivity index (χ0v) is 10.1. The molecule has 94 valence electrons. The Hall–Kier alpha value is -0.650. The monoisotopic (exact) mass is 229 g/mol. The largest absolute Gasteiger partial charge is 0.385 e. The van der Waals surface area contributed by atoms with Crippen LogP contribution < -0.4 is 11.5 Å². The summed E-state index contributed by atoms with van der Waals surface area (Å²) in [6.45, 7) is 3.98. The van der Waals surface area contributed by atoms with Crippen LogP contribution >= 0.6 is 0 Å². The number of hydrogen-bond donors (Lipinski definition) is 2. The molecule has 1 rings (SSSR count). The Bertz CT molecular complexity index is 225. The third-order valence-corrected chi connectivity index (χ3v) is 3.57. The van der Waals surface area contributed by atoms with Gasteiger partial charge in [-0.25, -0.2) is 0 Å². The molecule has 0 spiro atoms. The molecule has 0 unspecified atom stereocenters. The molecule has 1 saturated heterocycles. The Morgan fingerprint density at radius 1 is 1.44 bits per heavy atom. The SMILES string of the molecule is COCCC1(C(N)=O)CCN(CCN)CC1. The minimum Gasteiger partial charge on any atom is -0.385 e. The highest BCUT2D eigenvalue weighted by atomic mass is 16.5. The zero-order chi connectivity index (χ0) is 12.0. The van der Waals surface area contributed by atoms with Crippen molar-refractivity contribution in [3.8, 4) is 0 Å². The van der Waals surface area contributed by atoms with Crippen molar-refractivity contribution in [3.63, 3.8) is 0 Å². The van der Waals surface area contributed by atoms with Crippen molar-refractivity contribution in [2.24, 2.45) is 16.9 Å². The first-order chi connectivity index (χ1) is 7.64. The van der Waals surface area contributed by atoms with Gasteiger partial charge in [0.15, 0.2) is 0 Å². The van der Waals surface area contributed by atoms with Crippen LogP contribution in [0.3, 0.4) is 0 Å². The maximum absolute atomic E-state index is 11.6. The van der Waals surface area contributed by atoms with Gasteiger partial charge >= 0.3 is 0 Å². The molecule has 0 radical (unpaired) electrons. The van der Waals surface area contributed by atoms with E-state index in [2.05, 4.69) is 4.90 Å². The Kier molecular flexibility index (Phi) is 5.18. The molecule has 0 aromatic heterocycles. The van der Waals surface area contributed by atoms with Crippen LogP contribution in [-0.2, 0) is 9.53 Å². The predicted molar refractivity (Wildman–Crippen MR) is 62.8 cm³/mol. The van der Waals surface area contributed by atoms with Gasteiger partial charge in [0.05, 0.1) is 5.41 Å². The van der Waals surface area contributed by atoms with Crippen molar-refractivity contribution in [1.82, 2.24) is 4.90 Å². The summed E-state index contributed by atoms with van der Waals surface area (Å²) < 4.78 is 5.05. The van der Waals surface area contributed by atoms with Crippen LogP contribution in [0.5, 0.6) is 0 Å².